The van der Waals surface area contributed by atoms with Crippen LogP contribution in [0, 0.1) is 5.82 Å². The smallest absolute Gasteiger partial charge is 0.141 e. The summed E-state index contributed by atoms with van der Waals surface area (Å²) in [7, 11) is 0. The molecule has 1 heterocycles. The van der Waals surface area contributed by atoms with Crippen LogP contribution < -0.4 is 10.5 Å². The predicted octanol–water partition coefficient (Wildman–Crippen LogP) is 4.00. The summed E-state index contributed by atoms with van der Waals surface area (Å²) in [4.78, 5) is 0. The molecular weight excluding hydrogens is 265 g/mol. The highest BCUT2D eigenvalue weighted by Crippen LogP contribution is 2.39. The average molecular weight is 278 g/mol. The minimum Gasteiger partial charge on any atom is -0.485 e. The van der Waals surface area contributed by atoms with Crippen LogP contribution in [0.2, 0.25) is 5.02 Å². The fraction of sp³-hybridized carbons (Fsp3) is 0.200. The number of ether oxygens (including phenoxy) is 1. The van der Waals surface area contributed by atoms with Gasteiger partial charge in [0, 0.05) is 18.0 Å². The monoisotopic (exact) mass is 277 g/mol. The number of hydrogen-bond donors (Lipinski definition) is 1. The molecule has 4 heteroatoms. The van der Waals surface area contributed by atoms with Crippen LogP contribution in [0.4, 0.5) is 4.39 Å². The number of rotatable bonds is 1. The number of hydrogen-bond acceptors (Lipinski definition) is 2. The first-order valence-electron chi connectivity index (χ1n) is 6.11. The fourth-order valence-corrected chi connectivity index (χ4v) is 2.56. The van der Waals surface area contributed by atoms with E-state index in [4.69, 9.17) is 22.1 Å². The van der Waals surface area contributed by atoms with Crippen LogP contribution in [0.25, 0.3) is 0 Å². The van der Waals surface area contributed by atoms with E-state index in [-0.39, 0.29) is 17.2 Å². The molecule has 1 aliphatic heterocycles. The lowest BCUT2D eigenvalue weighted by atomic mass is 9.94. The third-order valence-corrected chi connectivity index (χ3v) is 3.66. The molecule has 19 heavy (non-hydrogen) atoms. The van der Waals surface area contributed by atoms with E-state index in [0.717, 1.165) is 16.9 Å². The molecule has 0 spiro atoms. The van der Waals surface area contributed by atoms with Gasteiger partial charge in [-0.1, -0.05) is 35.9 Å². The molecular formula is C15H13ClFNO. The summed E-state index contributed by atoms with van der Waals surface area (Å²) in [6.45, 7) is 0. The van der Waals surface area contributed by atoms with Gasteiger partial charge >= 0.3 is 0 Å². The van der Waals surface area contributed by atoms with Gasteiger partial charge in [-0.25, -0.2) is 4.39 Å². The van der Waals surface area contributed by atoms with E-state index in [1.807, 2.05) is 24.3 Å². The average Bonchev–Trinajstić information content (AvgIpc) is 2.42. The maximum absolute atomic E-state index is 13.2. The Morgan fingerprint density at radius 3 is 2.79 bits per heavy atom. The van der Waals surface area contributed by atoms with Gasteiger partial charge in [0.25, 0.3) is 0 Å². The first-order valence-corrected chi connectivity index (χ1v) is 6.49. The standard InChI is InChI=1S/C15H13ClFNO/c16-11-7-9(5-6-12(11)17)15-8-13(18)10-3-1-2-4-14(10)19-15/h1-7,13,15H,8,18H2/t13-,15?/m1/s1. The Hall–Kier alpha value is -1.58. The quantitative estimate of drug-likeness (QED) is 0.855. The molecule has 0 fully saturated rings. The Bertz CT molecular complexity index is 617. The molecule has 0 radical (unpaired) electrons. The van der Waals surface area contributed by atoms with Crippen molar-refractivity contribution in [2.75, 3.05) is 0 Å². The SMILES string of the molecule is N[C@@H]1CC(c2ccc(F)c(Cl)c2)Oc2ccccc21. The molecule has 2 N–H and O–H groups in total. The number of para-hydroxylation sites is 1. The van der Waals surface area contributed by atoms with Gasteiger partial charge in [0.1, 0.15) is 17.7 Å². The summed E-state index contributed by atoms with van der Waals surface area (Å²) in [5, 5.41) is 0.105. The molecule has 2 aromatic carbocycles. The molecule has 0 amide bonds. The Morgan fingerprint density at radius 1 is 1.21 bits per heavy atom. The van der Waals surface area contributed by atoms with Crippen LogP contribution in [0.1, 0.15) is 29.7 Å². The van der Waals surface area contributed by atoms with E-state index in [2.05, 4.69) is 0 Å². The van der Waals surface area contributed by atoms with Gasteiger partial charge in [-0.05, 0) is 23.8 Å². The van der Waals surface area contributed by atoms with Gasteiger partial charge in [0.15, 0.2) is 0 Å². The predicted molar refractivity (Wildman–Crippen MR) is 72.8 cm³/mol. The van der Waals surface area contributed by atoms with Crippen LogP contribution in [-0.2, 0) is 0 Å². The lowest BCUT2D eigenvalue weighted by Gasteiger charge is -2.30. The highest BCUT2D eigenvalue weighted by atomic mass is 35.5. The maximum atomic E-state index is 13.2. The highest BCUT2D eigenvalue weighted by Gasteiger charge is 2.27. The Kier molecular flexibility index (Phi) is 3.17. The lowest BCUT2D eigenvalue weighted by Crippen LogP contribution is -2.24. The van der Waals surface area contributed by atoms with Crippen molar-refractivity contribution in [2.24, 2.45) is 5.73 Å². The molecule has 0 aromatic heterocycles. The highest BCUT2D eigenvalue weighted by molar-refractivity contribution is 6.30. The van der Waals surface area contributed by atoms with Crippen LogP contribution in [0.5, 0.6) is 5.75 Å². The van der Waals surface area contributed by atoms with Crippen molar-refractivity contribution in [1.82, 2.24) is 0 Å². The number of benzene rings is 2. The van der Waals surface area contributed by atoms with E-state index >= 15 is 0 Å². The van der Waals surface area contributed by atoms with Gasteiger partial charge in [-0.2, -0.15) is 0 Å². The number of fused-ring (bicyclic) bond motifs is 1. The third kappa shape index (κ3) is 2.31. The first-order chi connectivity index (χ1) is 9.15. The zero-order chi connectivity index (χ0) is 13.4. The van der Waals surface area contributed by atoms with Crippen molar-refractivity contribution < 1.29 is 9.13 Å². The first kappa shape index (κ1) is 12.5. The van der Waals surface area contributed by atoms with Crippen LogP contribution in [0.3, 0.4) is 0 Å². The minimum absolute atomic E-state index is 0.0845. The van der Waals surface area contributed by atoms with Crippen molar-refractivity contribution in [1.29, 1.82) is 0 Å². The summed E-state index contributed by atoms with van der Waals surface area (Å²) < 4.78 is 19.1. The van der Waals surface area contributed by atoms with Crippen molar-refractivity contribution in [3.63, 3.8) is 0 Å². The van der Waals surface area contributed by atoms with E-state index in [1.54, 1.807) is 12.1 Å². The second kappa shape index (κ2) is 4.83. The Balaban J connectivity index is 1.94. The molecule has 2 aromatic rings. The van der Waals surface area contributed by atoms with Gasteiger partial charge < -0.3 is 10.5 Å². The van der Waals surface area contributed by atoms with Crippen LogP contribution in [0.15, 0.2) is 42.5 Å². The molecule has 1 unspecified atom stereocenters. The van der Waals surface area contributed by atoms with Crippen molar-refractivity contribution >= 4 is 11.6 Å². The van der Waals surface area contributed by atoms with Crippen molar-refractivity contribution in [2.45, 2.75) is 18.6 Å². The summed E-state index contributed by atoms with van der Waals surface area (Å²) >= 11 is 5.81. The molecule has 2 atom stereocenters. The molecule has 0 bridgehead atoms. The van der Waals surface area contributed by atoms with Gasteiger partial charge in [0.2, 0.25) is 0 Å². The van der Waals surface area contributed by atoms with Crippen molar-refractivity contribution in [3.05, 3.63) is 64.4 Å². The van der Waals surface area contributed by atoms with E-state index < -0.39 is 5.82 Å². The largest absolute Gasteiger partial charge is 0.485 e. The van der Waals surface area contributed by atoms with Crippen molar-refractivity contribution in [3.8, 4) is 5.75 Å². The Morgan fingerprint density at radius 2 is 2.00 bits per heavy atom. The molecule has 0 saturated carbocycles. The second-order valence-electron chi connectivity index (χ2n) is 4.66. The van der Waals surface area contributed by atoms with E-state index in [0.29, 0.717) is 6.42 Å². The summed E-state index contributed by atoms with van der Waals surface area (Å²) in [6, 6.07) is 12.3. The molecule has 0 saturated heterocycles. The summed E-state index contributed by atoms with van der Waals surface area (Å²) in [6.07, 6.45) is 0.460. The molecule has 0 aliphatic carbocycles. The summed E-state index contributed by atoms with van der Waals surface area (Å²) in [5.41, 5.74) is 8.01. The second-order valence-corrected chi connectivity index (χ2v) is 5.07. The van der Waals surface area contributed by atoms with Crippen LogP contribution in [-0.4, -0.2) is 0 Å². The number of halogens is 2. The normalized spacial score (nSPS) is 21.6. The zero-order valence-corrected chi connectivity index (χ0v) is 10.9. The van der Waals surface area contributed by atoms with Gasteiger partial charge in [0.05, 0.1) is 5.02 Å². The third-order valence-electron chi connectivity index (χ3n) is 3.37. The van der Waals surface area contributed by atoms with Crippen LogP contribution >= 0.6 is 11.6 Å². The van der Waals surface area contributed by atoms with Gasteiger partial charge in [-0.15, -0.1) is 0 Å². The van der Waals surface area contributed by atoms with Gasteiger partial charge in [-0.3, -0.25) is 0 Å². The molecule has 3 rings (SSSR count). The number of nitrogens with two attached hydrogens (primary N) is 1. The zero-order valence-electron chi connectivity index (χ0n) is 10.1. The van der Waals surface area contributed by atoms with E-state index in [9.17, 15) is 4.39 Å². The maximum Gasteiger partial charge on any atom is 0.141 e. The lowest BCUT2D eigenvalue weighted by molar-refractivity contribution is 0.161. The fourth-order valence-electron chi connectivity index (χ4n) is 2.37. The summed E-state index contributed by atoms with van der Waals surface area (Å²) in [5.74, 6) is 0.359. The topological polar surface area (TPSA) is 35.2 Å². The molecule has 98 valence electrons. The molecule has 2 nitrogen and oxygen atoms in total. The minimum atomic E-state index is -0.425. The van der Waals surface area contributed by atoms with E-state index in [1.165, 1.54) is 6.07 Å². The Labute approximate surface area is 115 Å². The molecule has 1 aliphatic rings.